The standard InChI is InChI=1S/C17H18FN5O2/c1-24-14-8-9-25-10-13(14)19-15-6-7-16-20-21-17(23(16)22-15)11-4-2-3-5-12(11)18/h2-7,13-14H,8-10H2,1H3,(H,19,22)/t13-,14-/m1/s1. The number of hydrogen-bond acceptors (Lipinski definition) is 6. The van der Waals surface area contributed by atoms with Crippen molar-refractivity contribution < 1.29 is 13.9 Å². The Bertz CT molecular complexity index is 884. The van der Waals surface area contributed by atoms with E-state index in [4.69, 9.17) is 9.47 Å². The van der Waals surface area contributed by atoms with Crippen molar-refractivity contribution >= 4 is 11.5 Å². The van der Waals surface area contributed by atoms with E-state index in [-0.39, 0.29) is 18.0 Å². The zero-order valence-electron chi connectivity index (χ0n) is 13.7. The number of nitrogens with one attached hydrogen (secondary N) is 1. The molecule has 8 heteroatoms. The predicted molar refractivity (Wildman–Crippen MR) is 89.8 cm³/mol. The first-order chi connectivity index (χ1) is 12.3. The Balaban J connectivity index is 1.68. The first-order valence-electron chi connectivity index (χ1n) is 8.10. The summed E-state index contributed by atoms with van der Waals surface area (Å²) in [7, 11) is 1.69. The maximum atomic E-state index is 14.1. The monoisotopic (exact) mass is 343 g/mol. The molecule has 4 rings (SSSR count). The number of anilines is 1. The maximum absolute atomic E-state index is 14.1. The van der Waals surface area contributed by atoms with Crippen LogP contribution in [0.5, 0.6) is 0 Å². The van der Waals surface area contributed by atoms with Gasteiger partial charge < -0.3 is 14.8 Å². The van der Waals surface area contributed by atoms with Crippen LogP contribution in [-0.2, 0) is 9.47 Å². The first-order valence-corrected chi connectivity index (χ1v) is 8.10. The third-order valence-corrected chi connectivity index (χ3v) is 4.31. The molecule has 1 saturated heterocycles. The highest BCUT2D eigenvalue weighted by molar-refractivity contribution is 5.60. The molecule has 3 aromatic rings. The summed E-state index contributed by atoms with van der Waals surface area (Å²) in [5, 5.41) is 16.0. The van der Waals surface area contributed by atoms with E-state index in [1.165, 1.54) is 10.6 Å². The fraction of sp³-hybridized carbons (Fsp3) is 0.353. The van der Waals surface area contributed by atoms with Crippen LogP contribution >= 0.6 is 0 Å². The van der Waals surface area contributed by atoms with Gasteiger partial charge in [-0.25, -0.2) is 4.39 Å². The highest BCUT2D eigenvalue weighted by atomic mass is 19.1. The Morgan fingerprint density at radius 2 is 2.12 bits per heavy atom. The largest absolute Gasteiger partial charge is 0.379 e. The maximum Gasteiger partial charge on any atom is 0.188 e. The summed E-state index contributed by atoms with van der Waals surface area (Å²) in [6.07, 6.45) is 0.877. The molecule has 130 valence electrons. The Hall–Kier alpha value is -2.58. The molecule has 0 aliphatic carbocycles. The Morgan fingerprint density at radius 3 is 2.96 bits per heavy atom. The van der Waals surface area contributed by atoms with Crippen LogP contribution in [0.4, 0.5) is 10.2 Å². The Kier molecular flexibility index (Phi) is 4.29. The zero-order chi connectivity index (χ0) is 17.2. The van der Waals surface area contributed by atoms with Crippen LogP contribution in [0.2, 0.25) is 0 Å². The van der Waals surface area contributed by atoms with Crippen molar-refractivity contribution in [2.24, 2.45) is 0 Å². The van der Waals surface area contributed by atoms with Gasteiger partial charge in [-0.15, -0.1) is 15.3 Å². The lowest BCUT2D eigenvalue weighted by atomic mass is 10.1. The lowest BCUT2D eigenvalue weighted by molar-refractivity contribution is -0.0200. The molecule has 2 atom stereocenters. The third-order valence-electron chi connectivity index (χ3n) is 4.31. The number of nitrogens with zero attached hydrogens (tertiary/aromatic N) is 4. The van der Waals surface area contributed by atoms with Gasteiger partial charge in [-0.3, -0.25) is 0 Å². The van der Waals surface area contributed by atoms with Crippen molar-refractivity contribution in [2.45, 2.75) is 18.6 Å². The SMILES string of the molecule is CO[C@@H]1CCOC[C@H]1Nc1ccc2nnc(-c3ccccc3F)n2n1. The van der Waals surface area contributed by atoms with Crippen LogP contribution in [0.1, 0.15) is 6.42 Å². The van der Waals surface area contributed by atoms with Crippen LogP contribution in [0.3, 0.4) is 0 Å². The van der Waals surface area contributed by atoms with Crippen LogP contribution in [0, 0.1) is 5.82 Å². The van der Waals surface area contributed by atoms with E-state index in [1.54, 1.807) is 31.4 Å². The fourth-order valence-corrected chi connectivity index (χ4v) is 3.00. The molecule has 1 aliphatic rings. The summed E-state index contributed by atoms with van der Waals surface area (Å²) in [4.78, 5) is 0. The lowest BCUT2D eigenvalue weighted by Gasteiger charge is -2.31. The van der Waals surface area contributed by atoms with Gasteiger partial charge in [0.2, 0.25) is 0 Å². The van der Waals surface area contributed by atoms with Gasteiger partial charge in [0.25, 0.3) is 0 Å². The molecule has 0 saturated carbocycles. The molecule has 1 aliphatic heterocycles. The van der Waals surface area contributed by atoms with Gasteiger partial charge in [-0.1, -0.05) is 12.1 Å². The number of methoxy groups -OCH3 is 1. The van der Waals surface area contributed by atoms with Crippen LogP contribution < -0.4 is 5.32 Å². The molecule has 0 bridgehead atoms. The number of ether oxygens (including phenoxy) is 2. The Labute approximate surface area is 143 Å². The second-order valence-electron chi connectivity index (χ2n) is 5.88. The number of hydrogen-bond donors (Lipinski definition) is 1. The van der Waals surface area contributed by atoms with Crippen molar-refractivity contribution in [3.8, 4) is 11.4 Å². The van der Waals surface area contributed by atoms with Gasteiger partial charge in [0.05, 0.1) is 24.3 Å². The first kappa shape index (κ1) is 15.9. The van der Waals surface area contributed by atoms with Crippen LogP contribution in [0.25, 0.3) is 17.0 Å². The molecular formula is C17H18FN5O2. The summed E-state index contributed by atoms with van der Waals surface area (Å²) < 4.78 is 26.6. The van der Waals surface area contributed by atoms with Gasteiger partial charge in [0.15, 0.2) is 11.5 Å². The van der Waals surface area contributed by atoms with Crippen molar-refractivity contribution in [1.82, 2.24) is 19.8 Å². The molecule has 0 spiro atoms. The highest BCUT2D eigenvalue weighted by Crippen LogP contribution is 2.22. The molecule has 0 amide bonds. The third kappa shape index (κ3) is 3.06. The van der Waals surface area contributed by atoms with Crippen molar-refractivity contribution in [3.63, 3.8) is 0 Å². The highest BCUT2D eigenvalue weighted by Gasteiger charge is 2.26. The van der Waals surface area contributed by atoms with E-state index in [9.17, 15) is 4.39 Å². The smallest absolute Gasteiger partial charge is 0.188 e. The number of aromatic nitrogens is 4. The molecular weight excluding hydrogens is 325 g/mol. The predicted octanol–water partition coefficient (Wildman–Crippen LogP) is 2.15. The van der Waals surface area contributed by atoms with Gasteiger partial charge >= 0.3 is 0 Å². The minimum absolute atomic E-state index is 0.00269. The second-order valence-corrected chi connectivity index (χ2v) is 5.88. The molecule has 2 aromatic heterocycles. The molecule has 1 aromatic carbocycles. The van der Waals surface area contributed by atoms with Gasteiger partial charge in [-0.05, 0) is 30.7 Å². The van der Waals surface area contributed by atoms with Crippen molar-refractivity contribution in [1.29, 1.82) is 0 Å². The lowest BCUT2D eigenvalue weighted by Crippen LogP contribution is -2.43. The van der Waals surface area contributed by atoms with E-state index in [1.807, 2.05) is 6.07 Å². The molecule has 25 heavy (non-hydrogen) atoms. The number of rotatable bonds is 4. The summed E-state index contributed by atoms with van der Waals surface area (Å²) in [6.45, 7) is 1.23. The topological polar surface area (TPSA) is 73.6 Å². The van der Waals surface area contributed by atoms with E-state index < -0.39 is 0 Å². The van der Waals surface area contributed by atoms with Crippen molar-refractivity contribution in [2.75, 3.05) is 25.6 Å². The quantitative estimate of drug-likeness (QED) is 0.782. The summed E-state index contributed by atoms with van der Waals surface area (Å²) in [5.74, 6) is 0.625. The molecule has 7 nitrogen and oxygen atoms in total. The normalized spacial score (nSPS) is 20.7. The average molecular weight is 343 g/mol. The van der Waals surface area contributed by atoms with E-state index in [0.717, 1.165) is 6.42 Å². The summed E-state index contributed by atoms with van der Waals surface area (Å²) >= 11 is 0. The van der Waals surface area contributed by atoms with E-state index in [2.05, 4.69) is 20.6 Å². The number of benzene rings is 1. The minimum atomic E-state index is -0.364. The van der Waals surface area contributed by atoms with E-state index >= 15 is 0 Å². The molecule has 0 unspecified atom stereocenters. The molecule has 0 radical (unpaired) electrons. The van der Waals surface area contributed by atoms with Gasteiger partial charge in [0.1, 0.15) is 11.6 Å². The van der Waals surface area contributed by atoms with Gasteiger partial charge in [0, 0.05) is 13.7 Å². The number of halogens is 1. The van der Waals surface area contributed by atoms with Gasteiger partial charge in [-0.2, -0.15) is 4.52 Å². The summed E-state index contributed by atoms with van der Waals surface area (Å²) in [6, 6.07) is 10.0. The zero-order valence-corrected chi connectivity index (χ0v) is 13.7. The minimum Gasteiger partial charge on any atom is -0.379 e. The van der Waals surface area contributed by atoms with Crippen molar-refractivity contribution in [3.05, 3.63) is 42.2 Å². The second kappa shape index (κ2) is 6.73. The molecule has 1 fully saturated rings. The number of fused-ring (bicyclic) bond motifs is 1. The fourth-order valence-electron chi connectivity index (χ4n) is 3.00. The molecule has 3 heterocycles. The van der Waals surface area contributed by atoms with Crippen LogP contribution in [0.15, 0.2) is 36.4 Å². The van der Waals surface area contributed by atoms with Crippen LogP contribution in [-0.4, -0.2) is 52.3 Å². The van der Waals surface area contributed by atoms with E-state index in [0.29, 0.717) is 36.1 Å². The molecule has 1 N–H and O–H groups in total. The Morgan fingerprint density at radius 1 is 1.24 bits per heavy atom. The average Bonchev–Trinajstić information content (AvgIpc) is 3.06. The summed E-state index contributed by atoms with van der Waals surface area (Å²) in [5.41, 5.74) is 0.905.